The molecule has 35 heavy (non-hydrogen) atoms. The van der Waals surface area contributed by atoms with Crippen LogP contribution < -0.4 is 4.90 Å². The fourth-order valence-electron chi connectivity index (χ4n) is 6.06. The summed E-state index contributed by atoms with van der Waals surface area (Å²) in [4.78, 5) is 47.0. The van der Waals surface area contributed by atoms with Crippen molar-refractivity contribution in [2.45, 2.75) is 50.5 Å². The number of hydrogen-bond acceptors (Lipinski definition) is 5. The summed E-state index contributed by atoms with van der Waals surface area (Å²) in [6, 6.07) is 8.51. The van der Waals surface area contributed by atoms with E-state index in [2.05, 4.69) is 0 Å². The van der Waals surface area contributed by atoms with Crippen molar-refractivity contribution in [2.24, 2.45) is 11.8 Å². The number of likely N-dealkylation sites (tertiary alicyclic amines) is 1. The fourth-order valence-corrected chi connectivity index (χ4v) is 6.06. The lowest BCUT2D eigenvalue weighted by molar-refractivity contribution is -0.150. The normalized spacial score (nSPS) is 32.5. The molecule has 8 nitrogen and oxygen atoms in total. The fraction of sp³-hybridized carbons (Fsp3) is 0.519. The van der Waals surface area contributed by atoms with Crippen LogP contribution in [0, 0.1) is 11.8 Å². The number of fused-ring (bicyclic) bond motifs is 2. The SMILES string of the molecule is CC(C)(C)N1CC=C[C@]23O[C@H]4C=CCN(c5ccccc5)C(=O)[C@H]4[C@H]2C(=O)N(CCCO)C3C1=O. The summed E-state index contributed by atoms with van der Waals surface area (Å²) >= 11 is 0. The van der Waals surface area contributed by atoms with Gasteiger partial charge in [-0.3, -0.25) is 14.4 Å². The third kappa shape index (κ3) is 3.62. The first-order valence-electron chi connectivity index (χ1n) is 12.3. The number of aliphatic hydroxyl groups is 1. The molecule has 2 saturated heterocycles. The number of carbonyl (C=O) groups excluding carboxylic acids is 3. The van der Waals surface area contributed by atoms with Gasteiger partial charge < -0.3 is 24.5 Å². The molecule has 1 aromatic carbocycles. The molecule has 1 aromatic rings. The highest BCUT2D eigenvalue weighted by Gasteiger charge is 2.72. The molecule has 0 aromatic heterocycles. The Kier molecular flexibility index (Phi) is 5.84. The molecule has 5 rings (SSSR count). The third-order valence-electron chi connectivity index (χ3n) is 7.59. The Morgan fingerprint density at radius 1 is 1.03 bits per heavy atom. The number of hydrogen-bond donors (Lipinski definition) is 1. The van der Waals surface area contributed by atoms with E-state index in [-0.39, 0.29) is 30.9 Å². The van der Waals surface area contributed by atoms with Crippen LogP contribution in [0.4, 0.5) is 5.69 Å². The minimum absolute atomic E-state index is 0.0997. The zero-order valence-corrected chi connectivity index (χ0v) is 20.5. The largest absolute Gasteiger partial charge is 0.396 e. The van der Waals surface area contributed by atoms with Gasteiger partial charge in [0.05, 0.1) is 17.9 Å². The summed E-state index contributed by atoms with van der Waals surface area (Å²) in [5, 5.41) is 9.49. The first-order valence-corrected chi connectivity index (χ1v) is 12.3. The molecule has 1 N–H and O–H groups in total. The molecule has 1 unspecified atom stereocenters. The first-order chi connectivity index (χ1) is 16.7. The lowest BCUT2D eigenvalue weighted by Gasteiger charge is -2.40. The van der Waals surface area contributed by atoms with Crippen LogP contribution in [-0.4, -0.2) is 82.2 Å². The van der Waals surface area contributed by atoms with Crippen LogP contribution in [0.5, 0.6) is 0 Å². The van der Waals surface area contributed by atoms with E-state index in [0.717, 1.165) is 5.69 Å². The summed E-state index contributed by atoms with van der Waals surface area (Å²) in [6.45, 7) is 6.80. The minimum Gasteiger partial charge on any atom is -0.396 e. The minimum atomic E-state index is -1.24. The van der Waals surface area contributed by atoms with Gasteiger partial charge in [0.15, 0.2) is 0 Å². The quantitative estimate of drug-likeness (QED) is 0.665. The number of nitrogens with zero attached hydrogens (tertiary/aromatic N) is 3. The van der Waals surface area contributed by atoms with Crippen molar-refractivity contribution in [3.8, 4) is 0 Å². The van der Waals surface area contributed by atoms with Crippen molar-refractivity contribution in [2.75, 3.05) is 31.1 Å². The highest BCUT2D eigenvalue weighted by Crippen LogP contribution is 2.53. The van der Waals surface area contributed by atoms with Crippen molar-refractivity contribution in [1.82, 2.24) is 9.80 Å². The number of ether oxygens (including phenoxy) is 1. The first kappa shape index (κ1) is 23.8. The van der Waals surface area contributed by atoms with Crippen molar-refractivity contribution in [1.29, 1.82) is 0 Å². The standard InChI is InChI=1S/C27H33N3O5/c1-26(2,3)30-16-8-13-27-21(24(33)29(15-9-17-31)22(27)25(30)34)20-19(35-27)12-7-14-28(23(20)32)18-10-5-4-6-11-18/h4-8,10-13,19-22,31H,9,14-17H2,1-3H3/t19-,20+,21-,22?,27-/m0/s1. The maximum absolute atomic E-state index is 14.0. The molecule has 0 saturated carbocycles. The average molecular weight is 480 g/mol. The van der Waals surface area contributed by atoms with Gasteiger partial charge in [-0.1, -0.05) is 42.5 Å². The van der Waals surface area contributed by atoms with Crippen molar-refractivity contribution >= 4 is 23.4 Å². The molecule has 8 heteroatoms. The van der Waals surface area contributed by atoms with Gasteiger partial charge in [-0.15, -0.1) is 0 Å². The Balaban J connectivity index is 1.60. The molecule has 4 heterocycles. The zero-order valence-electron chi connectivity index (χ0n) is 20.5. The van der Waals surface area contributed by atoms with Crippen LogP contribution in [0.2, 0.25) is 0 Å². The number of carbonyl (C=O) groups is 3. The Bertz CT molecular complexity index is 1080. The molecular weight excluding hydrogens is 446 g/mol. The van der Waals surface area contributed by atoms with E-state index in [9.17, 15) is 19.5 Å². The van der Waals surface area contributed by atoms with Gasteiger partial charge >= 0.3 is 0 Å². The number of anilines is 1. The molecule has 0 aliphatic carbocycles. The summed E-state index contributed by atoms with van der Waals surface area (Å²) in [6.07, 6.45) is 7.26. The number of rotatable bonds is 4. The highest BCUT2D eigenvalue weighted by atomic mass is 16.5. The smallest absolute Gasteiger partial charge is 0.249 e. The van der Waals surface area contributed by atoms with Gasteiger partial charge in [-0.05, 0) is 39.3 Å². The van der Waals surface area contributed by atoms with E-state index in [0.29, 0.717) is 19.5 Å². The second-order valence-corrected chi connectivity index (χ2v) is 10.7. The topological polar surface area (TPSA) is 90.4 Å². The van der Waals surface area contributed by atoms with E-state index < -0.39 is 35.1 Å². The second kappa shape index (κ2) is 8.60. The van der Waals surface area contributed by atoms with E-state index >= 15 is 0 Å². The molecule has 4 aliphatic heterocycles. The van der Waals surface area contributed by atoms with Crippen LogP contribution in [0.15, 0.2) is 54.6 Å². The van der Waals surface area contributed by atoms with Gasteiger partial charge in [-0.2, -0.15) is 0 Å². The van der Waals surface area contributed by atoms with Crippen LogP contribution in [0.25, 0.3) is 0 Å². The van der Waals surface area contributed by atoms with Crippen LogP contribution in [0.1, 0.15) is 27.2 Å². The molecule has 0 bridgehead atoms. The lowest BCUT2D eigenvalue weighted by Crippen LogP contribution is -2.58. The van der Waals surface area contributed by atoms with Crippen molar-refractivity contribution in [3.05, 3.63) is 54.6 Å². The van der Waals surface area contributed by atoms with Crippen LogP contribution in [-0.2, 0) is 19.1 Å². The number of para-hydroxylation sites is 1. The molecule has 4 aliphatic rings. The zero-order chi connectivity index (χ0) is 25.0. The number of benzene rings is 1. The Hall–Kier alpha value is -2.97. The Labute approximate surface area is 205 Å². The second-order valence-electron chi connectivity index (χ2n) is 10.7. The summed E-state index contributed by atoms with van der Waals surface area (Å²) in [7, 11) is 0. The molecule has 0 radical (unpaired) electrons. The predicted octanol–water partition coefficient (Wildman–Crippen LogP) is 1.75. The summed E-state index contributed by atoms with van der Waals surface area (Å²) in [5.74, 6) is -2.20. The van der Waals surface area contributed by atoms with Gasteiger partial charge in [0.2, 0.25) is 17.7 Å². The maximum atomic E-state index is 14.0. The van der Waals surface area contributed by atoms with E-state index in [1.807, 2.05) is 75.4 Å². The highest BCUT2D eigenvalue weighted by molar-refractivity contribution is 6.03. The summed E-state index contributed by atoms with van der Waals surface area (Å²) in [5.41, 5.74) is -0.938. The number of amides is 3. The number of aliphatic hydroxyl groups excluding tert-OH is 1. The molecule has 5 atom stereocenters. The van der Waals surface area contributed by atoms with Crippen LogP contribution in [0.3, 0.4) is 0 Å². The van der Waals surface area contributed by atoms with E-state index in [1.54, 1.807) is 14.7 Å². The molecule has 2 fully saturated rings. The van der Waals surface area contributed by atoms with Gasteiger partial charge in [0.1, 0.15) is 11.6 Å². The summed E-state index contributed by atoms with van der Waals surface area (Å²) < 4.78 is 6.61. The third-order valence-corrected chi connectivity index (χ3v) is 7.59. The lowest BCUT2D eigenvalue weighted by atomic mass is 9.77. The molecule has 3 amide bonds. The Morgan fingerprint density at radius 3 is 2.46 bits per heavy atom. The van der Waals surface area contributed by atoms with Crippen LogP contribution >= 0.6 is 0 Å². The van der Waals surface area contributed by atoms with Gasteiger partial charge in [0.25, 0.3) is 0 Å². The monoisotopic (exact) mass is 479 g/mol. The van der Waals surface area contributed by atoms with Gasteiger partial charge in [-0.25, -0.2) is 0 Å². The van der Waals surface area contributed by atoms with Crippen molar-refractivity contribution < 1.29 is 24.2 Å². The maximum Gasteiger partial charge on any atom is 0.249 e. The molecule has 186 valence electrons. The van der Waals surface area contributed by atoms with Crippen molar-refractivity contribution in [3.63, 3.8) is 0 Å². The average Bonchev–Trinajstić information content (AvgIpc) is 3.12. The molecular formula is C27H33N3O5. The van der Waals surface area contributed by atoms with E-state index in [4.69, 9.17) is 4.74 Å². The molecule has 1 spiro atoms. The predicted molar refractivity (Wildman–Crippen MR) is 130 cm³/mol. The Morgan fingerprint density at radius 2 is 1.77 bits per heavy atom. The van der Waals surface area contributed by atoms with Gasteiger partial charge in [0, 0.05) is 37.5 Å². The van der Waals surface area contributed by atoms with E-state index in [1.165, 1.54) is 0 Å².